The molecule has 0 amide bonds. The molecule has 1 N–H and O–H groups in total. The van der Waals surface area contributed by atoms with Crippen LogP contribution in [0.5, 0.6) is 0 Å². The minimum Gasteiger partial charge on any atom is -0.311 e. The Morgan fingerprint density at radius 3 is 2.89 bits per heavy atom. The zero-order chi connectivity index (χ0) is 13.0. The van der Waals surface area contributed by atoms with Gasteiger partial charge in [0, 0.05) is 12.7 Å². The number of hydrogen-bond acceptors (Lipinski definition) is 3. The summed E-state index contributed by atoms with van der Waals surface area (Å²) in [5.41, 5.74) is 1.04. The highest BCUT2D eigenvalue weighted by atomic mass is 127. The first kappa shape index (κ1) is 13.5. The van der Waals surface area contributed by atoms with Gasteiger partial charge in [0.2, 0.25) is 0 Å². The zero-order valence-electron chi connectivity index (χ0n) is 10.6. The van der Waals surface area contributed by atoms with Crippen molar-refractivity contribution in [3.63, 3.8) is 0 Å². The van der Waals surface area contributed by atoms with Crippen molar-refractivity contribution in [2.45, 2.75) is 20.4 Å². The molecule has 5 heteroatoms. The number of aromatic nitrogens is 3. The smallest absolute Gasteiger partial charge is 0.153 e. The largest absolute Gasteiger partial charge is 0.311 e. The summed E-state index contributed by atoms with van der Waals surface area (Å²) in [6, 6.07) is 6.02. The highest BCUT2D eigenvalue weighted by Crippen LogP contribution is 2.08. The molecule has 96 valence electrons. The lowest BCUT2D eigenvalue weighted by Gasteiger charge is -2.08. The maximum Gasteiger partial charge on any atom is 0.153 e. The van der Waals surface area contributed by atoms with Gasteiger partial charge < -0.3 is 5.32 Å². The second-order valence-electron chi connectivity index (χ2n) is 4.61. The van der Waals surface area contributed by atoms with Gasteiger partial charge in [-0.25, -0.2) is 9.67 Å². The summed E-state index contributed by atoms with van der Waals surface area (Å²) < 4.78 is 2.91. The van der Waals surface area contributed by atoms with Crippen LogP contribution in [0.4, 0.5) is 0 Å². The third-order valence-corrected chi connectivity index (χ3v) is 2.99. The van der Waals surface area contributed by atoms with E-state index in [9.17, 15) is 0 Å². The molecule has 0 aromatic carbocycles. The Bertz CT molecular complexity index is 507. The van der Waals surface area contributed by atoms with Gasteiger partial charge in [0.15, 0.2) is 5.82 Å². The summed E-state index contributed by atoms with van der Waals surface area (Å²) in [7, 11) is 0. The van der Waals surface area contributed by atoms with Crippen molar-refractivity contribution in [3.05, 3.63) is 39.9 Å². The van der Waals surface area contributed by atoms with E-state index in [2.05, 4.69) is 51.8 Å². The molecule has 0 radical (unpaired) electrons. The van der Waals surface area contributed by atoms with Gasteiger partial charge >= 0.3 is 0 Å². The van der Waals surface area contributed by atoms with E-state index in [0.717, 1.165) is 28.2 Å². The third kappa shape index (κ3) is 3.78. The molecule has 0 aliphatic carbocycles. The molecule has 2 rings (SSSR count). The number of nitrogens with one attached hydrogen (secondary N) is 1. The molecular formula is C13H17IN4. The van der Waals surface area contributed by atoms with Gasteiger partial charge in [-0.3, -0.25) is 0 Å². The average molecular weight is 356 g/mol. The van der Waals surface area contributed by atoms with Gasteiger partial charge in [0.05, 0.1) is 15.5 Å². The van der Waals surface area contributed by atoms with Crippen LogP contribution in [0.25, 0.3) is 5.82 Å². The summed E-state index contributed by atoms with van der Waals surface area (Å²) in [6.07, 6.45) is 3.79. The first-order valence-corrected chi connectivity index (χ1v) is 7.10. The number of pyridine rings is 1. The molecule has 0 aliphatic rings. The van der Waals surface area contributed by atoms with E-state index in [1.54, 1.807) is 4.68 Å². The van der Waals surface area contributed by atoms with Crippen LogP contribution >= 0.6 is 22.6 Å². The number of hydrogen-bond donors (Lipinski definition) is 1. The Labute approximate surface area is 121 Å². The van der Waals surface area contributed by atoms with E-state index in [-0.39, 0.29) is 0 Å². The van der Waals surface area contributed by atoms with Crippen LogP contribution < -0.4 is 5.32 Å². The minimum atomic E-state index is 0.654. The van der Waals surface area contributed by atoms with Crippen molar-refractivity contribution in [1.29, 1.82) is 0 Å². The summed E-state index contributed by atoms with van der Waals surface area (Å²) in [5.74, 6) is 1.52. The van der Waals surface area contributed by atoms with E-state index >= 15 is 0 Å². The second-order valence-corrected chi connectivity index (χ2v) is 5.86. The maximum absolute atomic E-state index is 4.59. The predicted molar refractivity (Wildman–Crippen MR) is 80.6 cm³/mol. The van der Waals surface area contributed by atoms with Gasteiger partial charge in [-0.2, -0.15) is 5.10 Å². The summed E-state index contributed by atoms with van der Waals surface area (Å²) in [4.78, 5) is 4.59. The van der Waals surface area contributed by atoms with Crippen molar-refractivity contribution in [1.82, 2.24) is 20.1 Å². The lowest BCUT2D eigenvalue weighted by atomic mass is 10.2. The van der Waals surface area contributed by atoms with E-state index < -0.39 is 0 Å². The Hall–Kier alpha value is -0.950. The van der Waals surface area contributed by atoms with Gasteiger partial charge in [0.25, 0.3) is 0 Å². The molecule has 2 heterocycles. The third-order valence-electron chi connectivity index (χ3n) is 2.44. The van der Waals surface area contributed by atoms with Crippen molar-refractivity contribution < 1.29 is 0 Å². The molecule has 0 atom stereocenters. The Kier molecular flexibility index (Phi) is 4.71. The number of halogens is 1. The molecule has 0 saturated heterocycles. The van der Waals surface area contributed by atoms with Crippen molar-refractivity contribution in [2.75, 3.05) is 6.54 Å². The van der Waals surface area contributed by atoms with Crippen LogP contribution in [0.3, 0.4) is 0 Å². The van der Waals surface area contributed by atoms with Gasteiger partial charge in [0.1, 0.15) is 0 Å². The molecule has 0 saturated carbocycles. The second kappa shape index (κ2) is 6.29. The van der Waals surface area contributed by atoms with Crippen LogP contribution in [0, 0.1) is 9.49 Å². The van der Waals surface area contributed by atoms with Crippen LogP contribution in [0.2, 0.25) is 0 Å². The zero-order valence-corrected chi connectivity index (χ0v) is 12.8. The minimum absolute atomic E-state index is 0.654. The summed E-state index contributed by atoms with van der Waals surface area (Å²) in [5, 5.41) is 7.65. The van der Waals surface area contributed by atoms with E-state index in [4.69, 9.17) is 0 Å². The average Bonchev–Trinajstić information content (AvgIpc) is 2.76. The highest BCUT2D eigenvalue weighted by Gasteiger charge is 2.02. The van der Waals surface area contributed by atoms with Gasteiger partial charge in [-0.05, 0) is 47.2 Å². The van der Waals surface area contributed by atoms with E-state index in [1.165, 1.54) is 0 Å². The molecule has 0 bridgehead atoms. The fraction of sp³-hybridized carbons (Fsp3) is 0.385. The molecule has 0 fully saturated rings. The Balaban J connectivity index is 2.05. The first-order chi connectivity index (χ1) is 8.65. The monoisotopic (exact) mass is 356 g/mol. The van der Waals surface area contributed by atoms with E-state index in [1.807, 2.05) is 30.6 Å². The fourth-order valence-corrected chi connectivity index (χ4v) is 2.00. The van der Waals surface area contributed by atoms with Crippen molar-refractivity contribution >= 4 is 22.6 Å². The number of rotatable bonds is 5. The van der Waals surface area contributed by atoms with Crippen LogP contribution in [0.1, 0.15) is 19.5 Å². The summed E-state index contributed by atoms with van der Waals surface area (Å²) in [6.45, 7) is 6.20. The Morgan fingerprint density at radius 2 is 2.22 bits per heavy atom. The lowest BCUT2D eigenvalue weighted by molar-refractivity contribution is 0.547. The quantitative estimate of drug-likeness (QED) is 0.838. The van der Waals surface area contributed by atoms with Gasteiger partial charge in [-0.15, -0.1) is 0 Å². The molecule has 0 spiro atoms. The molecule has 2 aromatic heterocycles. The molecular weight excluding hydrogens is 339 g/mol. The standard InChI is InChI=1S/C13H17IN4/c1-10(2)6-15-8-12-4-3-5-13(17-12)18-9-11(14)7-16-18/h3-5,7,9-10,15H,6,8H2,1-2H3. The maximum atomic E-state index is 4.59. The molecule has 0 aliphatic heterocycles. The topological polar surface area (TPSA) is 42.7 Å². The van der Waals surface area contributed by atoms with Crippen molar-refractivity contribution in [2.24, 2.45) is 5.92 Å². The molecule has 4 nitrogen and oxygen atoms in total. The highest BCUT2D eigenvalue weighted by molar-refractivity contribution is 14.1. The van der Waals surface area contributed by atoms with E-state index in [0.29, 0.717) is 5.92 Å². The van der Waals surface area contributed by atoms with Crippen LogP contribution in [0.15, 0.2) is 30.6 Å². The lowest BCUT2D eigenvalue weighted by Crippen LogP contribution is -2.19. The Morgan fingerprint density at radius 1 is 1.39 bits per heavy atom. The SMILES string of the molecule is CC(C)CNCc1cccc(-n2cc(I)cn2)n1. The summed E-state index contributed by atoms with van der Waals surface area (Å²) >= 11 is 2.24. The molecule has 2 aromatic rings. The van der Waals surface area contributed by atoms with Gasteiger partial charge in [-0.1, -0.05) is 19.9 Å². The van der Waals surface area contributed by atoms with Crippen LogP contribution in [-0.4, -0.2) is 21.3 Å². The van der Waals surface area contributed by atoms with Crippen LogP contribution in [-0.2, 0) is 6.54 Å². The first-order valence-electron chi connectivity index (χ1n) is 6.02. The number of nitrogens with zero attached hydrogens (tertiary/aromatic N) is 3. The normalized spacial score (nSPS) is 11.1. The molecule has 0 unspecified atom stereocenters. The van der Waals surface area contributed by atoms with Crippen molar-refractivity contribution in [3.8, 4) is 5.82 Å². The predicted octanol–water partition coefficient (Wildman–Crippen LogP) is 2.62. The molecule has 18 heavy (non-hydrogen) atoms. The fourth-order valence-electron chi connectivity index (χ4n) is 1.61.